The minimum absolute atomic E-state index is 0.169. The number of nitrogens with two attached hydrogens (primary N) is 2. The van der Waals surface area contributed by atoms with Crippen molar-refractivity contribution in [3.63, 3.8) is 0 Å². The van der Waals surface area contributed by atoms with Crippen LogP contribution in [0.5, 0.6) is 0 Å². The summed E-state index contributed by atoms with van der Waals surface area (Å²) < 4.78 is 7.47. The number of anilines is 2. The van der Waals surface area contributed by atoms with E-state index in [0.29, 0.717) is 34.8 Å². The molecule has 0 radical (unpaired) electrons. The number of nitrogens with zero attached hydrogens (tertiary/aromatic N) is 6. The molecule has 132 valence electrons. The third kappa shape index (κ3) is 3.91. The molecule has 3 aromatic heterocycles. The van der Waals surface area contributed by atoms with Gasteiger partial charge in [0.05, 0.1) is 11.1 Å². The molecular formula is C15H22N8OSi. The molecule has 0 amide bonds. The Morgan fingerprint density at radius 2 is 1.96 bits per heavy atom. The number of hydrogen-bond acceptors (Lipinski definition) is 8. The summed E-state index contributed by atoms with van der Waals surface area (Å²) in [5.41, 5.74) is 13.5. The van der Waals surface area contributed by atoms with E-state index in [2.05, 4.69) is 44.7 Å². The van der Waals surface area contributed by atoms with Crippen molar-refractivity contribution in [3.05, 3.63) is 18.6 Å². The van der Waals surface area contributed by atoms with E-state index in [1.165, 1.54) is 6.33 Å². The smallest absolute Gasteiger partial charge is 0.220 e. The highest BCUT2D eigenvalue weighted by molar-refractivity contribution is 6.76. The molecule has 0 aliphatic rings. The second-order valence-corrected chi connectivity index (χ2v) is 12.6. The summed E-state index contributed by atoms with van der Waals surface area (Å²) in [6.45, 7) is 7.91. The van der Waals surface area contributed by atoms with Crippen molar-refractivity contribution in [2.45, 2.75) is 32.4 Å². The molecule has 0 saturated heterocycles. The standard InChI is InChI=1S/C15H22N8OSi/c1-25(2,3)7-6-24-9-23-14-11(13(16)19-8-20-14)12(22-23)10-4-5-18-15(17)21-10/h4-5,8H,6-7,9H2,1-3H3,(H2,16,19,20)(H2,17,18,21). The summed E-state index contributed by atoms with van der Waals surface area (Å²) in [7, 11) is -1.14. The summed E-state index contributed by atoms with van der Waals surface area (Å²) in [4.78, 5) is 16.5. The van der Waals surface area contributed by atoms with Crippen LogP contribution >= 0.6 is 0 Å². The first-order valence-corrected chi connectivity index (χ1v) is 11.7. The van der Waals surface area contributed by atoms with Crippen LogP contribution in [-0.4, -0.2) is 44.4 Å². The van der Waals surface area contributed by atoms with E-state index >= 15 is 0 Å². The molecule has 25 heavy (non-hydrogen) atoms. The van der Waals surface area contributed by atoms with Crippen LogP contribution in [0.25, 0.3) is 22.4 Å². The fourth-order valence-corrected chi connectivity index (χ4v) is 3.09. The molecule has 0 aliphatic heterocycles. The number of nitrogen functional groups attached to an aromatic ring is 2. The maximum Gasteiger partial charge on any atom is 0.220 e. The second-order valence-electron chi connectivity index (χ2n) is 6.95. The number of ether oxygens (including phenoxy) is 1. The first-order valence-electron chi connectivity index (χ1n) is 7.99. The van der Waals surface area contributed by atoms with Gasteiger partial charge in [0, 0.05) is 20.9 Å². The Kier molecular flexibility index (Phi) is 4.64. The van der Waals surface area contributed by atoms with Gasteiger partial charge in [0.15, 0.2) is 5.65 Å². The molecule has 3 aromatic rings. The topological polar surface area (TPSA) is 131 Å². The van der Waals surface area contributed by atoms with Gasteiger partial charge in [-0.1, -0.05) is 19.6 Å². The normalized spacial score (nSPS) is 12.0. The molecule has 0 aromatic carbocycles. The monoisotopic (exact) mass is 358 g/mol. The van der Waals surface area contributed by atoms with E-state index in [4.69, 9.17) is 16.2 Å². The molecule has 3 heterocycles. The Morgan fingerprint density at radius 1 is 1.16 bits per heavy atom. The van der Waals surface area contributed by atoms with Gasteiger partial charge >= 0.3 is 0 Å². The van der Waals surface area contributed by atoms with Gasteiger partial charge in [0.1, 0.15) is 24.6 Å². The molecule has 0 fully saturated rings. The molecule has 0 atom stereocenters. The van der Waals surface area contributed by atoms with Crippen LogP contribution < -0.4 is 11.5 Å². The Morgan fingerprint density at radius 3 is 2.68 bits per heavy atom. The molecule has 0 aliphatic carbocycles. The van der Waals surface area contributed by atoms with E-state index in [9.17, 15) is 0 Å². The quantitative estimate of drug-likeness (QED) is 0.503. The van der Waals surface area contributed by atoms with Gasteiger partial charge in [-0.05, 0) is 12.1 Å². The molecule has 4 N–H and O–H groups in total. The Hall–Kier alpha value is -2.59. The molecular weight excluding hydrogens is 336 g/mol. The summed E-state index contributed by atoms with van der Waals surface area (Å²) in [6.07, 6.45) is 2.99. The predicted molar refractivity (Wildman–Crippen MR) is 99.3 cm³/mol. The third-order valence-electron chi connectivity index (χ3n) is 3.69. The van der Waals surface area contributed by atoms with Crippen LogP contribution in [0.15, 0.2) is 18.6 Å². The van der Waals surface area contributed by atoms with Gasteiger partial charge in [0.2, 0.25) is 5.95 Å². The second kappa shape index (κ2) is 6.73. The van der Waals surface area contributed by atoms with E-state index in [-0.39, 0.29) is 12.7 Å². The Bertz CT molecular complexity index is 889. The zero-order valence-corrected chi connectivity index (χ0v) is 15.6. The maximum absolute atomic E-state index is 6.04. The van der Waals surface area contributed by atoms with E-state index in [0.717, 1.165) is 6.04 Å². The first-order chi connectivity index (χ1) is 11.8. The van der Waals surface area contributed by atoms with Crippen LogP contribution in [0.3, 0.4) is 0 Å². The van der Waals surface area contributed by atoms with Gasteiger partial charge in [-0.3, -0.25) is 0 Å². The zero-order chi connectivity index (χ0) is 18.0. The minimum Gasteiger partial charge on any atom is -0.383 e. The van der Waals surface area contributed by atoms with Crippen molar-refractivity contribution in [1.29, 1.82) is 0 Å². The zero-order valence-electron chi connectivity index (χ0n) is 14.6. The molecule has 0 spiro atoms. The van der Waals surface area contributed by atoms with Crippen molar-refractivity contribution < 1.29 is 4.74 Å². The summed E-state index contributed by atoms with van der Waals surface area (Å²) in [6, 6.07) is 2.81. The largest absolute Gasteiger partial charge is 0.383 e. The van der Waals surface area contributed by atoms with Gasteiger partial charge in [-0.15, -0.1) is 0 Å². The van der Waals surface area contributed by atoms with E-state index in [1.54, 1.807) is 16.9 Å². The van der Waals surface area contributed by atoms with Crippen molar-refractivity contribution in [3.8, 4) is 11.4 Å². The van der Waals surface area contributed by atoms with Crippen LogP contribution in [0.4, 0.5) is 11.8 Å². The summed E-state index contributed by atoms with van der Waals surface area (Å²) in [5.74, 6) is 0.507. The van der Waals surface area contributed by atoms with Crippen molar-refractivity contribution in [2.75, 3.05) is 18.1 Å². The fraction of sp³-hybridized carbons (Fsp3) is 0.400. The highest BCUT2D eigenvalue weighted by Gasteiger charge is 2.18. The van der Waals surface area contributed by atoms with Crippen LogP contribution in [0.2, 0.25) is 25.7 Å². The van der Waals surface area contributed by atoms with Gasteiger partial charge in [0.25, 0.3) is 0 Å². The van der Waals surface area contributed by atoms with Crippen LogP contribution in [-0.2, 0) is 11.5 Å². The lowest BCUT2D eigenvalue weighted by Crippen LogP contribution is -2.22. The maximum atomic E-state index is 6.04. The molecule has 0 bridgehead atoms. The molecule has 3 rings (SSSR count). The summed E-state index contributed by atoms with van der Waals surface area (Å²) >= 11 is 0. The lowest BCUT2D eigenvalue weighted by molar-refractivity contribution is 0.0814. The molecule has 0 unspecified atom stereocenters. The third-order valence-corrected chi connectivity index (χ3v) is 5.39. The van der Waals surface area contributed by atoms with E-state index in [1.807, 2.05) is 0 Å². The fourth-order valence-electron chi connectivity index (χ4n) is 2.33. The predicted octanol–water partition coefficient (Wildman–Crippen LogP) is 1.76. The Balaban J connectivity index is 1.93. The van der Waals surface area contributed by atoms with Crippen molar-refractivity contribution >= 4 is 30.9 Å². The van der Waals surface area contributed by atoms with Gasteiger partial charge in [-0.25, -0.2) is 24.6 Å². The van der Waals surface area contributed by atoms with Crippen LogP contribution in [0, 0.1) is 0 Å². The number of rotatable bonds is 6. The van der Waals surface area contributed by atoms with Gasteiger partial charge < -0.3 is 16.2 Å². The SMILES string of the molecule is C[Si](C)(C)CCOCn1nc(-c2ccnc(N)n2)c2c(N)ncnc21. The van der Waals surface area contributed by atoms with Gasteiger partial charge in [-0.2, -0.15) is 5.10 Å². The number of aromatic nitrogens is 6. The molecule has 0 saturated carbocycles. The number of fused-ring (bicyclic) bond motifs is 1. The van der Waals surface area contributed by atoms with Crippen LogP contribution in [0.1, 0.15) is 0 Å². The van der Waals surface area contributed by atoms with Crippen molar-refractivity contribution in [1.82, 2.24) is 29.7 Å². The number of hydrogen-bond donors (Lipinski definition) is 2. The lowest BCUT2D eigenvalue weighted by atomic mass is 10.2. The average Bonchev–Trinajstić information content (AvgIpc) is 2.91. The van der Waals surface area contributed by atoms with E-state index < -0.39 is 8.07 Å². The Labute approximate surface area is 146 Å². The summed E-state index contributed by atoms with van der Waals surface area (Å²) in [5, 5.41) is 5.20. The minimum atomic E-state index is -1.14. The van der Waals surface area contributed by atoms with Crippen molar-refractivity contribution in [2.24, 2.45) is 0 Å². The average molecular weight is 358 g/mol. The highest BCUT2D eigenvalue weighted by Crippen LogP contribution is 2.28. The lowest BCUT2D eigenvalue weighted by Gasteiger charge is -2.15. The molecule has 10 heteroatoms. The first kappa shape index (κ1) is 17.2. The molecule has 9 nitrogen and oxygen atoms in total. The highest BCUT2D eigenvalue weighted by atomic mass is 28.3.